The van der Waals surface area contributed by atoms with Gasteiger partial charge >= 0.3 is 0 Å². The lowest BCUT2D eigenvalue weighted by atomic mass is 9.90. The fourth-order valence-electron chi connectivity index (χ4n) is 3.73. The van der Waals surface area contributed by atoms with E-state index in [9.17, 15) is 0 Å². The Morgan fingerprint density at radius 1 is 1.05 bits per heavy atom. The molecule has 1 N–H and O–H groups in total. The van der Waals surface area contributed by atoms with Gasteiger partial charge in [0.25, 0.3) is 0 Å². The van der Waals surface area contributed by atoms with Crippen LogP contribution in [0.1, 0.15) is 71.6 Å². The Kier molecular flexibility index (Phi) is 6.15. The second-order valence-corrected chi connectivity index (χ2v) is 6.86. The van der Waals surface area contributed by atoms with E-state index in [0.717, 1.165) is 24.0 Å². The summed E-state index contributed by atoms with van der Waals surface area (Å²) >= 11 is 0. The molecular formula is C17H34N2. The molecule has 2 aliphatic rings. The summed E-state index contributed by atoms with van der Waals surface area (Å²) in [5, 5.41) is 3.84. The van der Waals surface area contributed by atoms with E-state index in [1.54, 1.807) is 0 Å². The maximum Gasteiger partial charge on any atom is 0.0249 e. The van der Waals surface area contributed by atoms with E-state index in [4.69, 9.17) is 0 Å². The molecule has 0 spiro atoms. The van der Waals surface area contributed by atoms with Gasteiger partial charge in [0, 0.05) is 18.1 Å². The molecule has 2 heteroatoms. The van der Waals surface area contributed by atoms with Crippen molar-refractivity contribution in [2.45, 2.75) is 89.8 Å². The molecule has 19 heavy (non-hydrogen) atoms. The molecular weight excluding hydrogens is 232 g/mol. The van der Waals surface area contributed by atoms with Gasteiger partial charge in [0.05, 0.1) is 0 Å². The van der Waals surface area contributed by atoms with Gasteiger partial charge in [-0.3, -0.25) is 4.90 Å². The van der Waals surface area contributed by atoms with Crippen molar-refractivity contribution in [2.24, 2.45) is 5.92 Å². The molecule has 3 atom stereocenters. The van der Waals surface area contributed by atoms with Crippen LogP contribution in [0.3, 0.4) is 0 Å². The van der Waals surface area contributed by atoms with Crippen molar-refractivity contribution >= 4 is 0 Å². The largest absolute Gasteiger partial charge is 0.312 e. The highest BCUT2D eigenvalue weighted by atomic mass is 15.2. The molecule has 2 saturated carbocycles. The Morgan fingerprint density at radius 2 is 1.74 bits per heavy atom. The molecule has 112 valence electrons. The van der Waals surface area contributed by atoms with E-state index in [2.05, 4.69) is 31.1 Å². The predicted octanol–water partition coefficient (Wildman–Crippen LogP) is 3.81. The molecule has 3 unspecified atom stereocenters. The molecule has 2 aliphatic carbocycles. The molecule has 0 amide bonds. The zero-order chi connectivity index (χ0) is 13.7. The number of likely N-dealkylation sites (N-methyl/N-ethyl adjacent to an activating group) is 1. The smallest absolute Gasteiger partial charge is 0.0249 e. The van der Waals surface area contributed by atoms with Crippen LogP contribution >= 0.6 is 0 Å². The first-order valence-corrected chi connectivity index (χ1v) is 8.69. The van der Waals surface area contributed by atoms with Crippen LogP contribution < -0.4 is 5.32 Å². The number of rotatable bonds is 6. The van der Waals surface area contributed by atoms with E-state index >= 15 is 0 Å². The summed E-state index contributed by atoms with van der Waals surface area (Å²) in [7, 11) is 2.38. The molecule has 0 aromatic carbocycles. The summed E-state index contributed by atoms with van der Waals surface area (Å²) in [6.07, 6.45) is 12.7. The third-order valence-electron chi connectivity index (χ3n) is 5.36. The highest BCUT2D eigenvalue weighted by Crippen LogP contribution is 2.36. The van der Waals surface area contributed by atoms with Crippen LogP contribution in [0.5, 0.6) is 0 Å². The second-order valence-electron chi connectivity index (χ2n) is 6.86. The van der Waals surface area contributed by atoms with Crippen LogP contribution in [0.15, 0.2) is 0 Å². The third kappa shape index (κ3) is 4.46. The first-order chi connectivity index (χ1) is 9.24. The third-order valence-corrected chi connectivity index (χ3v) is 5.36. The van der Waals surface area contributed by atoms with Crippen LogP contribution in [-0.4, -0.2) is 36.6 Å². The minimum Gasteiger partial charge on any atom is -0.312 e. The molecule has 0 heterocycles. The van der Waals surface area contributed by atoms with Crippen molar-refractivity contribution in [3.8, 4) is 0 Å². The van der Waals surface area contributed by atoms with Gasteiger partial charge < -0.3 is 5.32 Å². The summed E-state index contributed by atoms with van der Waals surface area (Å²) in [6.45, 7) is 5.92. The number of nitrogens with one attached hydrogen (secondary N) is 1. The average molecular weight is 266 g/mol. The van der Waals surface area contributed by atoms with Crippen molar-refractivity contribution in [3.63, 3.8) is 0 Å². The van der Waals surface area contributed by atoms with Crippen molar-refractivity contribution in [3.05, 3.63) is 0 Å². The van der Waals surface area contributed by atoms with E-state index in [-0.39, 0.29) is 0 Å². The average Bonchev–Trinajstić information content (AvgIpc) is 3.20. The lowest BCUT2D eigenvalue weighted by Gasteiger charge is -2.40. The molecule has 0 aliphatic heterocycles. The van der Waals surface area contributed by atoms with E-state index < -0.39 is 0 Å². The molecule has 2 nitrogen and oxygen atoms in total. The summed E-state index contributed by atoms with van der Waals surface area (Å²) in [5.74, 6) is 0.988. The zero-order valence-corrected chi connectivity index (χ0v) is 13.3. The lowest BCUT2D eigenvalue weighted by Crippen LogP contribution is -2.52. The Morgan fingerprint density at radius 3 is 2.37 bits per heavy atom. The monoisotopic (exact) mass is 266 g/mol. The number of nitrogens with zero attached hydrogens (tertiary/aromatic N) is 1. The first kappa shape index (κ1) is 15.3. The minimum atomic E-state index is 0.728. The van der Waals surface area contributed by atoms with Crippen molar-refractivity contribution < 1.29 is 0 Å². The maximum atomic E-state index is 3.84. The Labute approximate surface area is 120 Å². The summed E-state index contributed by atoms with van der Waals surface area (Å²) < 4.78 is 0. The van der Waals surface area contributed by atoms with Crippen molar-refractivity contribution in [1.29, 1.82) is 0 Å². The van der Waals surface area contributed by atoms with Crippen LogP contribution in [0.4, 0.5) is 0 Å². The molecule has 0 radical (unpaired) electrons. The highest BCUT2D eigenvalue weighted by molar-refractivity contribution is 4.91. The number of hydrogen-bond donors (Lipinski definition) is 1. The highest BCUT2D eigenvalue weighted by Gasteiger charge is 2.35. The van der Waals surface area contributed by atoms with Crippen LogP contribution in [0, 0.1) is 5.92 Å². The molecule has 2 fully saturated rings. The first-order valence-electron chi connectivity index (χ1n) is 8.69. The topological polar surface area (TPSA) is 15.3 Å². The quantitative estimate of drug-likeness (QED) is 0.786. The molecule has 2 rings (SSSR count). The lowest BCUT2D eigenvalue weighted by molar-refractivity contribution is 0.113. The van der Waals surface area contributed by atoms with Gasteiger partial charge in [0.15, 0.2) is 0 Å². The van der Waals surface area contributed by atoms with Gasteiger partial charge in [-0.1, -0.05) is 32.6 Å². The number of hydrogen-bond acceptors (Lipinski definition) is 2. The van der Waals surface area contributed by atoms with Gasteiger partial charge in [0.1, 0.15) is 0 Å². The molecule has 0 bridgehead atoms. The van der Waals surface area contributed by atoms with Crippen molar-refractivity contribution in [1.82, 2.24) is 10.2 Å². The standard InChI is InChI=1S/C17H34N2/c1-4-13-18-16-9-7-5-6-8-10-17(16)19(3)14(2)15-11-12-15/h14-18H,4-13H2,1-3H3. The second kappa shape index (κ2) is 7.64. The van der Waals surface area contributed by atoms with Crippen LogP contribution in [0.25, 0.3) is 0 Å². The Balaban J connectivity index is 1.96. The summed E-state index contributed by atoms with van der Waals surface area (Å²) in [4.78, 5) is 2.72. The molecule has 0 saturated heterocycles. The summed E-state index contributed by atoms with van der Waals surface area (Å²) in [5.41, 5.74) is 0. The fourth-order valence-corrected chi connectivity index (χ4v) is 3.73. The Hall–Kier alpha value is -0.0800. The van der Waals surface area contributed by atoms with Crippen LogP contribution in [-0.2, 0) is 0 Å². The minimum absolute atomic E-state index is 0.728. The van der Waals surface area contributed by atoms with Crippen LogP contribution in [0.2, 0.25) is 0 Å². The van der Waals surface area contributed by atoms with Gasteiger partial charge in [-0.2, -0.15) is 0 Å². The molecule has 0 aromatic heterocycles. The maximum absolute atomic E-state index is 3.84. The van der Waals surface area contributed by atoms with Gasteiger partial charge in [0.2, 0.25) is 0 Å². The Bertz CT molecular complexity index is 248. The fraction of sp³-hybridized carbons (Fsp3) is 1.00. The van der Waals surface area contributed by atoms with E-state index in [0.29, 0.717) is 0 Å². The van der Waals surface area contributed by atoms with Gasteiger partial charge in [-0.25, -0.2) is 0 Å². The van der Waals surface area contributed by atoms with E-state index in [1.807, 2.05) is 0 Å². The van der Waals surface area contributed by atoms with E-state index in [1.165, 1.54) is 64.3 Å². The van der Waals surface area contributed by atoms with Crippen molar-refractivity contribution in [2.75, 3.05) is 13.6 Å². The van der Waals surface area contributed by atoms with Gasteiger partial charge in [-0.05, 0) is 58.5 Å². The van der Waals surface area contributed by atoms with Gasteiger partial charge in [-0.15, -0.1) is 0 Å². The summed E-state index contributed by atoms with van der Waals surface area (Å²) in [6, 6.07) is 2.28. The predicted molar refractivity (Wildman–Crippen MR) is 83.5 cm³/mol. The molecule has 0 aromatic rings. The zero-order valence-electron chi connectivity index (χ0n) is 13.3. The SMILES string of the molecule is CCCNC1CCCCCCC1N(C)C(C)C1CC1. The normalized spacial score (nSPS) is 30.9.